The van der Waals surface area contributed by atoms with E-state index in [9.17, 15) is 9.18 Å². The molecule has 0 bridgehead atoms. The molecular weight excluding hydrogens is 363 g/mol. The highest BCUT2D eigenvalue weighted by molar-refractivity contribution is 9.10. The molecule has 128 valence electrons. The van der Waals surface area contributed by atoms with Crippen LogP contribution in [-0.2, 0) is 11.3 Å². The molecule has 0 saturated carbocycles. The lowest BCUT2D eigenvalue weighted by molar-refractivity contribution is 0.0470. The predicted octanol–water partition coefficient (Wildman–Crippen LogP) is 4.08. The van der Waals surface area contributed by atoms with Gasteiger partial charge in [-0.1, -0.05) is 22.0 Å². The van der Waals surface area contributed by atoms with Gasteiger partial charge in [0.2, 0.25) is 0 Å². The highest BCUT2D eigenvalue weighted by Crippen LogP contribution is 2.23. The summed E-state index contributed by atoms with van der Waals surface area (Å²) in [6, 6.07) is 5.04. The number of halogens is 2. The topological polar surface area (TPSA) is 41.6 Å². The maximum atomic E-state index is 14.0. The van der Waals surface area contributed by atoms with Crippen LogP contribution in [0.2, 0.25) is 0 Å². The Hall–Kier alpha value is -1.14. The summed E-state index contributed by atoms with van der Waals surface area (Å²) in [5.41, 5.74) is 0.154. The molecule has 1 aromatic carbocycles. The van der Waals surface area contributed by atoms with Gasteiger partial charge in [0, 0.05) is 29.2 Å². The standard InChI is InChI=1S/C17H24BrFN2O2/c1-17(2,3)23-16(22)20-12-6-5-9-21(10-12)11-13-14(18)7-4-8-15(13)19/h4,7-8,12H,5-6,9-11H2,1-3H3,(H,20,22). The van der Waals surface area contributed by atoms with Crippen molar-refractivity contribution in [2.24, 2.45) is 0 Å². The van der Waals surface area contributed by atoms with Gasteiger partial charge in [0.15, 0.2) is 0 Å². The van der Waals surface area contributed by atoms with E-state index in [2.05, 4.69) is 26.1 Å². The first-order chi connectivity index (χ1) is 10.7. The SMILES string of the molecule is CC(C)(C)OC(=O)NC1CCCN(Cc2c(F)cccc2Br)C1. The molecule has 0 radical (unpaired) electrons. The first kappa shape index (κ1) is 18.2. The van der Waals surface area contributed by atoms with Crippen molar-refractivity contribution < 1.29 is 13.9 Å². The van der Waals surface area contributed by atoms with Gasteiger partial charge in [-0.15, -0.1) is 0 Å². The number of alkyl carbamates (subject to hydrolysis) is 1. The van der Waals surface area contributed by atoms with E-state index in [0.717, 1.165) is 23.9 Å². The fourth-order valence-corrected chi connectivity index (χ4v) is 3.17. The van der Waals surface area contributed by atoms with Gasteiger partial charge in [0.05, 0.1) is 0 Å². The van der Waals surface area contributed by atoms with E-state index >= 15 is 0 Å². The average Bonchev–Trinajstić information content (AvgIpc) is 2.41. The number of nitrogens with zero attached hydrogens (tertiary/aromatic N) is 1. The number of amides is 1. The Labute approximate surface area is 145 Å². The molecule has 1 saturated heterocycles. The van der Waals surface area contributed by atoms with E-state index < -0.39 is 11.7 Å². The molecule has 1 atom stereocenters. The molecule has 23 heavy (non-hydrogen) atoms. The summed E-state index contributed by atoms with van der Waals surface area (Å²) in [7, 11) is 0. The highest BCUT2D eigenvalue weighted by Gasteiger charge is 2.25. The Bertz CT molecular complexity index is 540. The quantitative estimate of drug-likeness (QED) is 0.850. The van der Waals surface area contributed by atoms with Crippen molar-refractivity contribution >= 4 is 22.0 Å². The van der Waals surface area contributed by atoms with Crippen molar-refractivity contribution in [3.63, 3.8) is 0 Å². The Balaban J connectivity index is 1.92. The summed E-state index contributed by atoms with van der Waals surface area (Å²) < 4.78 is 20.0. The molecule has 0 aliphatic carbocycles. The number of carbonyl (C=O) groups is 1. The van der Waals surface area contributed by atoms with Gasteiger partial charge in [-0.2, -0.15) is 0 Å². The van der Waals surface area contributed by atoms with E-state index in [1.807, 2.05) is 26.8 Å². The van der Waals surface area contributed by atoms with Crippen molar-refractivity contribution in [2.75, 3.05) is 13.1 Å². The molecule has 1 heterocycles. The number of nitrogens with one attached hydrogen (secondary N) is 1. The second-order valence-electron chi connectivity index (χ2n) is 6.92. The van der Waals surface area contributed by atoms with Gasteiger partial charge in [-0.05, 0) is 52.3 Å². The summed E-state index contributed by atoms with van der Waals surface area (Å²) in [4.78, 5) is 14.0. The molecule has 0 aromatic heterocycles. The van der Waals surface area contributed by atoms with E-state index in [4.69, 9.17) is 4.74 Å². The molecule has 4 nitrogen and oxygen atoms in total. The van der Waals surface area contributed by atoms with Crippen molar-refractivity contribution in [3.8, 4) is 0 Å². The third-order valence-corrected chi connectivity index (χ3v) is 4.41. The van der Waals surface area contributed by atoms with Gasteiger partial charge in [0.1, 0.15) is 11.4 Å². The van der Waals surface area contributed by atoms with Gasteiger partial charge >= 0.3 is 6.09 Å². The van der Waals surface area contributed by atoms with Gasteiger partial charge in [0.25, 0.3) is 0 Å². The Morgan fingerprint density at radius 1 is 1.48 bits per heavy atom. The zero-order chi connectivity index (χ0) is 17.0. The van der Waals surface area contributed by atoms with Crippen LogP contribution in [0.4, 0.5) is 9.18 Å². The zero-order valence-electron chi connectivity index (χ0n) is 13.9. The number of carbonyl (C=O) groups excluding carboxylic acids is 1. The van der Waals surface area contributed by atoms with Crippen LogP contribution in [0.1, 0.15) is 39.2 Å². The lowest BCUT2D eigenvalue weighted by Crippen LogP contribution is -2.48. The van der Waals surface area contributed by atoms with Crippen molar-refractivity contribution in [2.45, 2.75) is 51.8 Å². The summed E-state index contributed by atoms with van der Waals surface area (Å²) >= 11 is 3.41. The Kier molecular flexibility index (Phi) is 6.03. The van der Waals surface area contributed by atoms with Crippen LogP contribution < -0.4 is 5.32 Å². The molecule has 1 aliphatic heterocycles. The minimum atomic E-state index is -0.504. The minimum Gasteiger partial charge on any atom is -0.444 e. The zero-order valence-corrected chi connectivity index (χ0v) is 15.5. The van der Waals surface area contributed by atoms with E-state index in [1.54, 1.807) is 6.07 Å². The van der Waals surface area contributed by atoms with Gasteiger partial charge in [-0.3, -0.25) is 4.90 Å². The fourth-order valence-electron chi connectivity index (χ4n) is 2.70. The third-order valence-electron chi connectivity index (χ3n) is 3.67. The normalized spacial score (nSPS) is 19.4. The molecule has 1 aromatic rings. The second kappa shape index (κ2) is 7.62. The van der Waals surface area contributed by atoms with E-state index in [-0.39, 0.29) is 11.9 Å². The summed E-state index contributed by atoms with van der Waals surface area (Å²) in [6.07, 6.45) is 1.48. The van der Waals surface area contributed by atoms with Crippen LogP contribution in [-0.4, -0.2) is 35.7 Å². The van der Waals surface area contributed by atoms with Crippen LogP contribution in [0, 0.1) is 5.82 Å². The Morgan fingerprint density at radius 2 is 2.22 bits per heavy atom. The predicted molar refractivity (Wildman–Crippen MR) is 91.8 cm³/mol. The molecule has 1 aliphatic rings. The van der Waals surface area contributed by atoms with Crippen LogP contribution in [0.3, 0.4) is 0 Å². The molecule has 6 heteroatoms. The molecule has 1 N–H and O–H groups in total. The van der Waals surface area contributed by atoms with Gasteiger partial charge < -0.3 is 10.1 Å². The highest BCUT2D eigenvalue weighted by atomic mass is 79.9. The fraction of sp³-hybridized carbons (Fsp3) is 0.588. The first-order valence-corrected chi connectivity index (χ1v) is 8.68. The number of ether oxygens (including phenoxy) is 1. The lowest BCUT2D eigenvalue weighted by atomic mass is 10.0. The Morgan fingerprint density at radius 3 is 2.87 bits per heavy atom. The summed E-state index contributed by atoms with van der Waals surface area (Å²) in [5, 5.41) is 2.91. The largest absolute Gasteiger partial charge is 0.444 e. The summed E-state index contributed by atoms with van der Waals surface area (Å²) in [5.74, 6) is -0.207. The van der Waals surface area contributed by atoms with E-state index in [1.165, 1.54) is 6.07 Å². The number of hydrogen-bond acceptors (Lipinski definition) is 3. The monoisotopic (exact) mass is 386 g/mol. The smallest absolute Gasteiger partial charge is 0.407 e. The van der Waals surface area contributed by atoms with Crippen molar-refractivity contribution in [3.05, 3.63) is 34.1 Å². The third kappa shape index (κ3) is 5.77. The van der Waals surface area contributed by atoms with Crippen LogP contribution in [0.5, 0.6) is 0 Å². The number of hydrogen-bond donors (Lipinski definition) is 1. The van der Waals surface area contributed by atoms with Crippen LogP contribution >= 0.6 is 15.9 Å². The lowest BCUT2D eigenvalue weighted by Gasteiger charge is -2.33. The first-order valence-electron chi connectivity index (χ1n) is 7.89. The number of rotatable bonds is 3. The number of benzene rings is 1. The average molecular weight is 387 g/mol. The molecular formula is C17H24BrFN2O2. The van der Waals surface area contributed by atoms with Crippen molar-refractivity contribution in [1.82, 2.24) is 10.2 Å². The molecule has 2 rings (SSSR count). The number of likely N-dealkylation sites (tertiary alicyclic amines) is 1. The van der Waals surface area contributed by atoms with Crippen LogP contribution in [0.15, 0.2) is 22.7 Å². The maximum Gasteiger partial charge on any atom is 0.407 e. The van der Waals surface area contributed by atoms with Crippen LogP contribution in [0.25, 0.3) is 0 Å². The van der Waals surface area contributed by atoms with E-state index in [0.29, 0.717) is 18.7 Å². The number of piperidine rings is 1. The van der Waals surface area contributed by atoms with Gasteiger partial charge in [-0.25, -0.2) is 9.18 Å². The minimum absolute atomic E-state index is 0.0316. The molecule has 1 unspecified atom stereocenters. The van der Waals surface area contributed by atoms with Crippen molar-refractivity contribution in [1.29, 1.82) is 0 Å². The molecule has 0 spiro atoms. The molecule has 1 fully saturated rings. The second-order valence-corrected chi connectivity index (χ2v) is 7.78. The maximum absolute atomic E-state index is 14.0. The summed E-state index contributed by atoms with van der Waals surface area (Å²) in [6.45, 7) is 7.65. The molecule has 1 amide bonds.